The minimum absolute atomic E-state index is 0.116. The van der Waals surface area contributed by atoms with Crippen molar-refractivity contribution in [3.05, 3.63) is 53.6 Å². The van der Waals surface area contributed by atoms with Gasteiger partial charge in [-0.05, 0) is 49.7 Å². The van der Waals surface area contributed by atoms with Crippen LogP contribution in [-0.4, -0.2) is 31.8 Å². The zero-order chi connectivity index (χ0) is 19.2. The fraction of sp³-hybridized carbons (Fsp3) is 0.300. The van der Waals surface area contributed by atoms with Crippen LogP contribution in [0.4, 0.5) is 0 Å². The predicted octanol–water partition coefficient (Wildman–Crippen LogP) is 2.42. The van der Waals surface area contributed by atoms with Gasteiger partial charge in [-0.3, -0.25) is 9.59 Å². The summed E-state index contributed by atoms with van der Waals surface area (Å²) < 4.78 is 15.9. The van der Waals surface area contributed by atoms with Gasteiger partial charge in [-0.25, -0.2) is 0 Å². The summed E-state index contributed by atoms with van der Waals surface area (Å²) in [5, 5.41) is 5.46. The fourth-order valence-electron chi connectivity index (χ4n) is 2.70. The smallest absolute Gasteiger partial charge is 0.251 e. The van der Waals surface area contributed by atoms with Crippen LogP contribution in [0.1, 0.15) is 35.8 Å². The molecule has 7 nitrogen and oxygen atoms in total. The van der Waals surface area contributed by atoms with Gasteiger partial charge in [0, 0.05) is 5.56 Å². The number of fused-ring (bicyclic) bond motifs is 1. The average molecular weight is 370 g/mol. The lowest BCUT2D eigenvalue weighted by Gasteiger charge is -2.15. The molecule has 0 spiro atoms. The number of nitrogens with one attached hydrogen (secondary N) is 2. The quantitative estimate of drug-likeness (QED) is 0.782. The first-order chi connectivity index (χ1) is 13.1. The lowest BCUT2D eigenvalue weighted by Crippen LogP contribution is -2.38. The predicted molar refractivity (Wildman–Crippen MR) is 99.1 cm³/mol. The SMILES string of the molecule is CCOc1ccc(C(C)NC(=O)CNC(=O)c2ccc3c(c2)OCO3)cc1. The van der Waals surface area contributed by atoms with Gasteiger partial charge in [-0.15, -0.1) is 0 Å². The Morgan fingerprint density at radius 3 is 2.59 bits per heavy atom. The van der Waals surface area contributed by atoms with Gasteiger partial charge in [0.15, 0.2) is 11.5 Å². The van der Waals surface area contributed by atoms with Gasteiger partial charge in [-0.1, -0.05) is 12.1 Å². The van der Waals surface area contributed by atoms with Crippen LogP contribution >= 0.6 is 0 Å². The summed E-state index contributed by atoms with van der Waals surface area (Å²) in [5.74, 6) is 1.29. The molecule has 7 heteroatoms. The molecule has 1 aliphatic rings. The maximum absolute atomic E-state index is 12.2. The molecule has 0 saturated heterocycles. The van der Waals surface area contributed by atoms with E-state index in [-0.39, 0.29) is 31.2 Å². The van der Waals surface area contributed by atoms with Crippen molar-refractivity contribution in [2.75, 3.05) is 19.9 Å². The summed E-state index contributed by atoms with van der Waals surface area (Å²) in [4.78, 5) is 24.3. The highest BCUT2D eigenvalue weighted by atomic mass is 16.7. The highest BCUT2D eigenvalue weighted by Gasteiger charge is 2.17. The van der Waals surface area contributed by atoms with Crippen LogP contribution in [0.15, 0.2) is 42.5 Å². The van der Waals surface area contributed by atoms with Gasteiger partial charge in [0.1, 0.15) is 5.75 Å². The van der Waals surface area contributed by atoms with E-state index in [0.29, 0.717) is 23.7 Å². The monoisotopic (exact) mass is 370 g/mol. The second-order valence-electron chi connectivity index (χ2n) is 6.04. The van der Waals surface area contributed by atoms with Gasteiger partial charge in [0.05, 0.1) is 19.2 Å². The molecule has 2 N–H and O–H groups in total. The average Bonchev–Trinajstić information content (AvgIpc) is 3.14. The topological polar surface area (TPSA) is 85.9 Å². The van der Waals surface area contributed by atoms with E-state index in [4.69, 9.17) is 14.2 Å². The van der Waals surface area contributed by atoms with E-state index < -0.39 is 0 Å². The molecular formula is C20H22N2O5. The van der Waals surface area contributed by atoms with Crippen LogP contribution < -0.4 is 24.8 Å². The second kappa shape index (κ2) is 8.44. The Morgan fingerprint density at radius 1 is 1.11 bits per heavy atom. The number of ether oxygens (including phenoxy) is 3. The summed E-state index contributed by atoms with van der Waals surface area (Å²) in [5.41, 5.74) is 1.36. The molecule has 2 amide bonds. The molecule has 1 atom stereocenters. The first-order valence-corrected chi connectivity index (χ1v) is 8.76. The maximum Gasteiger partial charge on any atom is 0.251 e. The van der Waals surface area contributed by atoms with Crippen LogP contribution in [0.5, 0.6) is 17.2 Å². The van der Waals surface area contributed by atoms with Gasteiger partial charge in [-0.2, -0.15) is 0 Å². The van der Waals surface area contributed by atoms with Crippen LogP contribution in [0.2, 0.25) is 0 Å². The van der Waals surface area contributed by atoms with Crippen molar-refractivity contribution in [2.24, 2.45) is 0 Å². The van der Waals surface area contributed by atoms with E-state index in [9.17, 15) is 9.59 Å². The van der Waals surface area contributed by atoms with Crippen molar-refractivity contribution in [1.82, 2.24) is 10.6 Å². The summed E-state index contributed by atoms with van der Waals surface area (Å²) in [6.45, 7) is 4.44. The molecule has 0 fully saturated rings. The zero-order valence-electron chi connectivity index (χ0n) is 15.3. The van der Waals surface area contributed by atoms with Crippen LogP contribution in [0, 0.1) is 0 Å². The molecule has 0 bridgehead atoms. The molecule has 142 valence electrons. The van der Waals surface area contributed by atoms with Crippen molar-refractivity contribution in [2.45, 2.75) is 19.9 Å². The molecule has 2 aromatic rings. The summed E-state index contributed by atoms with van der Waals surface area (Å²) in [6.07, 6.45) is 0. The van der Waals surface area contributed by atoms with Gasteiger partial charge < -0.3 is 24.8 Å². The molecule has 0 radical (unpaired) electrons. The van der Waals surface area contributed by atoms with Gasteiger partial charge in [0.25, 0.3) is 5.91 Å². The molecule has 3 rings (SSSR count). The molecular weight excluding hydrogens is 348 g/mol. The van der Waals surface area contributed by atoms with Crippen molar-refractivity contribution >= 4 is 11.8 Å². The lowest BCUT2D eigenvalue weighted by molar-refractivity contribution is -0.120. The van der Waals surface area contributed by atoms with Crippen molar-refractivity contribution in [1.29, 1.82) is 0 Å². The highest BCUT2D eigenvalue weighted by molar-refractivity contribution is 5.97. The Morgan fingerprint density at radius 2 is 1.85 bits per heavy atom. The number of carbonyl (C=O) groups excluding carboxylic acids is 2. The molecule has 2 aromatic carbocycles. The summed E-state index contributed by atoms with van der Waals surface area (Å²) >= 11 is 0. The Labute approximate surface area is 157 Å². The van der Waals surface area contributed by atoms with Crippen LogP contribution in [0.3, 0.4) is 0 Å². The lowest BCUT2D eigenvalue weighted by atomic mass is 10.1. The number of hydrogen-bond donors (Lipinski definition) is 2. The molecule has 0 aliphatic carbocycles. The van der Waals surface area contributed by atoms with Gasteiger partial charge >= 0.3 is 0 Å². The van der Waals surface area contributed by atoms with Crippen molar-refractivity contribution < 1.29 is 23.8 Å². The minimum Gasteiger partial charge on any atom is -0.494 e. The Kier molecular flexibility index (Phi) is 5.80. The third kappa shape index (κ3) is 4.69. The van der Waals surface area contributed by atoms with E-state index in [1.165, 1.54) is 0 Å². The maximum atomic E-state index is 12.2. The first-order valence-electron chi connectivity index (χ1n) is 8.76. The number of benzene rings is 2. The number of rotatable bonds is 7. The number of hydrogen-bond acceptors (Lipinski definition) is 5. The van der Waals surface area contributed by atoms with E-state index in [0.717, 1.165) is 11.3 Å². The summed E-state index contributed by atoms with van der Waals surface area (Å²) in [6, 6.07) is 12.2. The molecule has 27 heavy (non-hydrogen) atoms. The number of amides is 2. The summed E-state index contributed by atoms with van der Waals surface area (Å²) in [7, 11) is 0. The molecule has 1 aliphatic heterocycles. The van der Waals surface area contributed by atoms with Crippen molar-refractivity contribution in [3.8, 4) is 17.2 Å². The standard InChI is InChI=1S/C20H22N2O5/c1-3-25-16-7-4-14(5-8-16)13(2)22-19(23)11-21-20(24)15-6-9-17-18(10-15)27-12-26-17/h4-10,13H,3,11-12H2,1-2H3,(H,21,24)(H,22,23). The van der Waals surface area contributed by atoms with E-state index in [1.807, 2.05) is 38.1 Å². The Bertz CT molecular complexity index is 820. The number of carbonyl (C=O) groups is 2. The first kappa shape index (κ1) is 18.6. The largest absolute Gasteiger partial charge is 0.494 e. The normalized spacial score (nSPS) is 13.0. The second-order valence-corrected chi connectivity index (χ2v) is 6.04. The Balaban J connectivity index is 1.49. The van der Waals surface area contributed by atoms with Crippen LogP contribution in [-0.2, 0) is 4.79 Å². The molecule has 1 unspecified atom stereocenters. The van der Waals surface area contributed by atoms with E-state index in [2.05, 4.69) is 10.6 Å². The highest BCUT2D eigenvalue weighted by Crippen LogP contribution is 2.32. The molecule has 0 saturated carbocycles. The molecule has 1 heterocycles. The van der Waals surface area contributed by atoms with E-state index in [1.54, 1.807) is 18.2 Å². The van der Waals surface area contributed by atoms with Crippen LogP contribution in [0.25, 0.3) is 0 Å². The third-order valence-electron chi connectivity index (χ3n) is 4.11. The molecule has 0 aromatic heterocycles. The zero-order valence-corrected chi connectivity index (χ0v) is 15.3. The fourth-order valence-corrected chi connectivity index (χ4v) is 2.70. The van der Waals surface area contributed by atoms with Crippen molar-refractivity contribution in [3.63, 3.8) is 0 Å². The minimum atomic E-state index is -0.350. The van der Waals surface area contributed by atoms with Gasteiger partial charge in [0.2, 0.25) is 12.7 Å². The third-order valence-corrected chi connectivity index (χ3v) is 4.11. The van der Waals surface area contributed by atoms with E-state index >= 15 is 0 Å². The Hall–Kier alpha value is -3.22.